The molecule has 1 N–H and O–H groups in total. The van der Waals surface area contributed by atoms with E-state index < -0.39 is 0 Å². The number of amides is 1. The van der Waals surface area contributed by atoms with Gasteiger partial charge in [-0.3, -0.25) is 4.79 Å². The van der Waals surface area contributed by atoms with Gasteiger partial charge >= 0.3 is 0 Å². The lowest BCUT2D eigenvalue weighted by molar-refractivity contribution is -0.121. The van der Waals surface area contributed by atoms with Gasteiger partial charge in [-0.15, -0.1) is 0 Å². The van der Waals surface area contributed by atoms with Gasteiger partial charge in [-0.1, -0.05) is 36.4 Å². The number of methoxy groups -OCH3 is 1. The summed E-state index contributed by atoms with van der Waals surface area (Å²) in [5.74, 6) is 0.742. The van der Waals surface area contributed by atoms with Crippen LogP contribution in [0.15, 0.2) is 42.5 Å². The molecule has 3 nitrogen and oxygen atoms in total. The largest absolute Gasteiger partial charge is 0.496 e. The summed E-state index contributed by atoms with van der Waals surface area (Å²) in [5.41, 5.74) is 4.52. The number of ether oxygens (including phenoxy) is 1. The first-order valence-electron chi connectivity index (χ1n) is 7.49. The highest BCUT2D eigenvalue weighted by Crippen LogP contribution is 2.19. The SMILES string of the molecule is COc1ccccc1CC(=O)N[C@@H](C)c1ccc(C)c(C)c1. The number of hydrogen-bond donors (Lipinski definition) is 1. The molecule has 0 aliphatic heterocycles. The van der Waals surface area contributed by atoms with Crippen molar-refractivity contribution in [2.24, 2.45) is 0 Å². The summed E-state index contributed by atoms with van der Waals surface area (Å²) in [6, 6.07) is 13.9. The molecule has 0 heterocycles. The Labute approximate surface area is 132 Å². The van der Waals surface area contributed by atoms with E-state index in [1.165, 1.54) is 11.1 Å². The first kappa shape index (κ1) is 16.1. The van der Waals surface area contributed by atoms with Crippen molar-refractivity contribution in [2.75, 3.05) is 7.11 Å². The van der Waals surface area contributed by atoms with E-state index in [4.69, 9.17) is 4.74 Å². The number of benzene rings is 2. The zero-order valence-corrected chi connectivity index (χ0v) is 13.6. The van der Waals surface area contributed by atoms with Crippen molar-refractivity contribution >= 4 is 5.91 Å². The summed E-state index contributed by atoms with van der Waals surface area (Å²) in [5, 5.41) is 3.05. The Morgan fingerprint density at radius 3 is 2.55 bits per heavy atom. The van der Waals surface area contributed by atoms with Crippen molar-refractivity contribution in [3.63, 3.8) is 0 Å². The first-order valence-corrected chi connectivity index (χ1v) is 7.49. The Morgan fingerprint density at radius 1 is 1.14 bits per heavy atom. The smallest absolute Gasteiger partial charge is 0.225 e. The van der Waals surface area contributed by atoms with Crippen LogP contribution in [-0.4, -0.2) is 13.0 Å². The van der Waals surface area contributed by atoms with Crippen molar-refractivity contribution in [1.82, 2.24) is 5.32 Å². The lowest BCUT2D eigenvalue weighted by Crippen LogP contribution is -2.28. The summed E-state index contributed by atoms with van der Waals surface area (Å²) in [6.45, 7) is 6.18. The van der Waals surface area contributed by atoms with Crippen molar-refractivity contribution in [1.29, 1.82) is 0 Å². The van der Waals surface area contributed by atoms with Crippen LogP contribution in [-0.2, 0) is 11.2 Å². The van der Waals surface area contributed by atoms with Gasteiger partial charge in [0.1, 0.15) is 5.75 Å². The molecule has 2 rings (SSSR count). The maximum Gasteiger partial charge on any atom is 0.225 e. The molecular weight excluding hydrogens is 274 g/mol. The average Bonchev–Trinajstić information content (AvgIpc) is 2.50. The Kier molecular flexibility index (Phi) is 5.21. The number of para-hydroxylation sites is 1. The fourth-order valence-electron chi connectivity index (χ4n) is 2.43. The maximum atomic E-state index is 12.2. The molecule has 1 atom stereocenters. The first-order chi connectivity index (χ1) is 10.5. The molecule has 0 saturated heterocycles. The molecule has 0 unspecified atom stereocenters. The van der Waals surface area contributed by atoms with Crippen LogP contribution in [0.25, 0.3) is 0 Å². The highest BCUT2D eigenvalue weighted by molar-refractivity contribution is 5.79. The minimum Gasteiger partial charge on any atom is -0.496 e. The van der Waals surface area contributed by atoms with Crippen LogP contribution in [0.3, 0.4) is 0 Å². The van der Waals surface area contributed by atoms with E-state index in [9.17, 15) is 4.79 Å². The number of carbonyl (C=O) groups is 1. The van der Waals surface area contributed by atoms with E-state index in [1.54, 1.807) is 7.11 Å². The molecule has 2 aromatic carbocycles. The molecule has 0 fully saturated rings. The van der Waals surface area contributed by atoms with E-state index in [0.29, 0.717) is 6.42 Å². The minimum absolute atomic E-state index is 0.00442. The molecular formula is C19H23NO2. The van der Waals surface area contributed by atoms with Crippen molar-refractivity contribution in [2.45, 2.75) is 33.2 Å². The summed E-state index contributed by atoms with van der Waals surface area (Å²) >= 11 is 0. The third-order valence-electron chi connectivity index (χ3n) is 3.95. The Balaban J connectivity index is 2.03. The predicted octanol–water partition coefficient (Wildman–Crippen LogP) is 3.73. The van der Waals surface area contributed by atoms with Gasteiger partial charge in [0, 0.05) is 5.56 Å². The van der Waals surface area contributed by atoms with Crippen molar-refractivity contribution in [3.05, 3.63) is 64.7 Å². The van der Waals surface area contributed by atoms with Crippen LogP contribution < -0.4 is 10.1 Å². The fourth-order valence-corrected chi connectivity index (χ4v) is 2.43. The van der Waals surface area contributed by atoms with Gasteiger partial charge in [0.25, 0.3) is 0 Å². The highest BCUT2D eigenvalue weighted by atomic mass is 16.5. The monoisotopic (exact) mass is 297 g/mol. The van der Waals surface area contributed by atoms with Gasteiger partial charge in [-0.25, -0.2) is 0 Å². The Morgan fingerprint density at radius 2 is 1.86 bits per heavy atom. The van der Waals surface area contributed by atoms with E-state index in [2.05, 4.69) is 37.4 Å². The zero-order chi connectivity index (χ0) is 16.1. The number of nitrogens with one attached hydrogen (secondary N) is 1. The Hall–Kier alpha value is -2.29. The van der Waals surface area contributed by atoms with E-state index >= 15 is 0 Å². The zero-order valence-electron chi connectivity index (χ0n) is 13.6. The molecule has 116 valence electrons. The van der Waals surface area contributed by atoms with Crippen LogP contribution in [0.4, 0.5) is 0 Å². The van der Waals surface area contributed by atoms with Crippen LogP contribution in [0.2, 0.25) is 0 Å². The third kappa shape index (κ3) is 3.88. The second-order valence-corrected chi connectivity index (χ2v) is 5.62. The number of rotatable bonds is 5. The molecule has 1 amide bonds. The van der Waals surface area contributed by atoms with Gasteiger partial charge in [0.2, 0.25) is 5.91 Å². The fraction of sp³-hybridized carbons (Fsp3) is 0.316. The van der Waals surface area contributed by atoms with Crippen molar-refractivity contribution < 1.29 is 9.53 Å². The molecule has 22 heavy (non-hydrogen) atoms. The molecule has 3 heteroatoms. The van der Waals surface area contributed by atoms with E-state index in [0.717, 1.165) is 16.9 Å². The second kappa shape index (κ2) is 7.12. The standard InChI is InChI=1S/C19H23NO2/c1-13-9-10-16(11-14(13)2)15(3)20-19(21)12-17-7-5-6-8-18(17)22-4/h5-11,15H,12H2,1-4H3,(H,20,21)/t15-/m0/s1. The van der Waals surface area contributed by atoms with Crippen LogP contribution in [0.5, 0.6) is 5.75 Å². The molecule has 0 radical (unpaired) electrons. The summed E-state index contributed by atoms with van der Waals surface area (Å²) in [4.78, 5) is 12.2. The van der Waals surface area contributed by atoms with Crippen molar-refractivity contribution in [3.8, 4) is 5.75 Å². The normalized spacial score (nSPS) is 11.8. The molecule has 0 saturated carbocycles. The highest BCUT2D eigenvalue weighted by Gasteiger charge is 2.12. The number of aryl methyl sites for hydroxylation is 2. The van der Waals surface area contributed by atoms with Crippen LogP contribution in [0, 0.1) is 13.8 Å². The second-order valence-electron chi connectivity index (χ2n) is 5.62. The molecule has 0 spiro atoms. The third-order valence-corrected chi connectivity index (χ3v) is 3.95. The van der Waals surface area contributed by atoms with Gasteiger partial charge in [-0.2, -0.15) is 0 Å². The molecule has 0 bridgehead atoms. The lowest BCUT2D eigenvalue weighted by Gasteiger charge is -2.16. The predicted molar refractivity (Wildman–Crippen MR) is 89.2 cm³/mol. The molecule has 0 aromatic heterocycles. The van der Waals surface area contributed by atoms with Crippen LogP contribution in [0.1, 0.15) is 35.2 Å². The topological polar surface area (TPSA) is 38.3 Å². The summed E-state index contributed by atoms with van der Waals surface area (Å²) in [7, 11) is 1.62. The van der Waals surface area contributed by atoms with Crippen LogP contribution >= 0.6 is 0 Å². The molecule has 0 aliphatic carbocycles. The Bertz CT molecular complexity index is 664. The number of carbonyl (C=O) groups excluding carboxylic acids is 1. The van der Waals surface area contributed by atoms with Gasteiger partial charge in [-0.05, 0) is 43.5 Å². The van der Waals surface area contributed by atoms with E-state index in [-0.39, 0.29) is 11.9 Å². The van der Waals surface area contributed by atoms with Gasteiger partial charge < -0.3 is 10.1 Å². The van der Waals surface area contributed by atoms with E-state index in [1.807, 2.05) is 31.2 Å². The number of hydrogen-bond acceptors (Lipinski definition) is 2. The maximum absolute atomic E-state index is 12.2. The minimum atomic E-state index is -0.0125. The quantitative estimate of drug-likeness (QED) is 0.913. The molecule has 0 aliphatic rings. The lowest BCUT2D eigenvalue weighted by atomic mass is 10.0. The summed E-state index contributed by atoms with van der Waals surface area (Å²) < 4.78 is 5.28. The molecule has 2 aromatic rings. The van der Waals surface area contributed by atoms with Gasteiger partial charge in [0.15, 0.2) is 0 Å². The average molecular weight is 297 g/mol. The van der Waals surface area contributed by atoms with Gasteiger partial charge in [0.05, 0.1) is 19.6 Å². The summed E-state index contributed by atoms with van der Waals surface area (Å²) in [6.07, 6.45) is 0.319.